The van der Waals surface area contributed by atoms with Crippen molar-refractivity contribution < 1.29 is 150 Å². The lowest BCUT2D eigenvalue weighted by Gasteiger charge is -2.15. The van der Waals surface area contributed by atoms with Crippen LogP contribution in [-0.4, -0.2) is 275 Å². The number of ketones is 7. The van der Waals surface area contributed by atoms with E-state index >= 15 is 0 Å². The third kappa shape index (κ3) is 83.1. The van der Waals surface area contributed by atoms with E-state index < -0.39 is 65.5 Å². The van der Waals surface area contributed by atoms with Crippen molar-refractivity contribution >= 4 is 106 Å². The molecular weight excluding hydrogens is 1710 g/mol. The summed E-state index contributed by atoms with van der Waals surface area (Å²) in [5, 5.41) is 62.2. The van der Waals surface area contributed by atoms with Crippen LogP contribution in [0.15, 0.2) is 0 Å². The number of rotatable bonds is 95. The van der Waals surface area contributed by atoms with Crippen LogP contribution in [-0.2, 0) is 124 Å². The van der Waals surface area contributed by atoms with Crippen molar-refractivity contribution in [3.8, 4) is 0 Å². The Morgan fingerprint density at radius 1 is 0.267 bits per heavy atom. The lowest BCUT2D eigenvalue weighted by atomic mass is 9.88. The first-order valence-corrected chi connectivity index (χ1v) is 47.8. The number of nitrogens with one attached hydrogen (secondary N) is 6. The molecule has 0 aliphatic rings. The lowest BCUT2D eigenvalue weighted by Crippen LogP contribution is -2.43. The summed E-state index contributed by atoms with van der Waals surface area (Å²) >= 11 is 0. The van der Waals surface area contributed by atoms with Crippen LogP contribution < -0.4 is 31.9 Å². The van der Waals surface area contributed by atoms with Gasteiger partial charge in [0.15, 0.2) is 11.6 Å². The van der Waals surface area contributed by atoms with E-state index in [1.54, 1.807) is 6.92 Å². The molecule has 0 aliphatic carbocycles. The third-order valence-corrected chi connectivity index (χ3v) is 21.4. The highest BCUT2D eigenvalue weighted by molar-refractivity contribution is 5.89. The molecular formula is C94H162N6O31. The number of hydrogen-bond acceptors (Lipinski definition) is 26. The number of carboxylic acids is 5. The van der Waals surface area contributed by atoms with E-state index in [1.165, 1.54) is 19.8 Å². The van der Waals surface area contributed by atoms with Crippen LogP contribution in [0.25, 0.3) is 0 Å². The van der Waals surface area contributed by atoms with Crippen molar-refractivity contribution in [1.29, 1.82) is 0 Å². The lowest BCUT2D eigenvalue weighted by molar-refractivity contribution is -0.145. The number of carboxylic acid groups (broad SMARTS) is 5. The molecule has 131 heavy (non-hydrogen) atoms. The van der Waals surface area contributed by atoms with Crippen molar-refractivity contribution in [3.05, 3.63) is 0 Å². The fourth-order valence-electron chi connectivity index (χ4n) is 13.3. The van der Waals surface area contributed by atoms with Gasteiger partial charge in [0.1, 0.15) is 67.4 Å². The van der Waals surface area contributed by atoms with Gasteiger partial charge in [-0.05, 0) is 104 Å². The largest absolute Gasteiger partial charge is 0.481 e. The van der Waals surface area contributed by atoms with Gasteiger partial charge < -0.3 is 100 Å². The van der Waals surface area contributed by atoms with Gasteiger partial charge >= 0.3 is 29.8 Å². The van der Waals surface area contributed by atoms with Gasteiger partial charge in [-0.3, -0.25) is 71.9 Å². The molecule has 0 bridgehead atoms. The highest BCUT2D eigenvalue weighted by Gasteiger charge is 2.27. The Morgan fingerprint density at radius 3 is 1.08 bits per heavy atom. The van der Waals surface area contributed by atoms with Crippen molar-refractivity contribution in [1.82, 2.24) is 31.9 Å². The second-order valence-corrected chi connectivity index (χ2v) is 33.3. The maximum atomic E-state index is 12.4. The maximum absolute atomic E-state index is 12.4. The first kappa shape index (κ1) is 125. The number of unbranched alkanes of at least 4 members (excludes halogenated alkanes) is 20. The summed E-state index contributed by atoms with van der Waals surface area (Å²) in [6.45, 7) is 11.4. The quantitative estimate of drug-likeness (QED) is 0.0252. The van der Waals surface area contributed by atoms with E-state index in [1.807, 2.05) is 20.8 Å². The summed E-state index contributed by atoms with van der Waals surface area (Å²) in [7, 11) is 0. The summed E-state index contributed by atoms with van der Waals surface area (Å²) in [5.74, 6) is -10.5. The molecule has 6 atom stereocenters. The molecule has 0 radical (unpaired) electrons. The Balaban J connectivity index is 0. The fraction of sp³-hybridized carbons (Fsp3) is 0.809. The van der Waals surface area contributed by atoms with E-state index in [-0.39, 0.29) is 285 Å². The van der Waals surface area contributed by atoms with E-state index in [9.17, 15) is 107 Å². The predicted octanol–water partition coefficient (Wildman–Crippen LogP) is 10.1. The SMILES string of the molecule is CCCCNC(=O)CC[C@H](NC(=O)COCCOCCCC(=O)COCCOCCNC(=O)CC[C@H](CC(=O)CCCCCCCCCCCCC(C)=O)C(=O)O)C(=O)O.CC[C@H](C)C(=O)C[C@@H](CCCCNC(=O)CC[C@H](CC(=O)COCCOCCNC(=O)COCCOCCCC(=O)CCC(NC(=O)CCCCCCCCCCCCC(=O)O)C(=O)O)C(=O)O)C(C)=O. The topological polar surface area (TPSA) is 554 Å². The summed E-state index contributed by atoms with van der Waals surface area (Å²) in [5.41, 5.74) is 0. The molecule has 1 unspecified atom stereocenters. The average molecular weight is 1870 g/mol. The normalized spacial score (nSPS) is 12.5. The minimum absolute atomic E-state index is 0.00181. The van der Waals surface area contributed by atoms with Crippen molar-refractivity contribution in [2.45, 2.75) is 336 Å². The highest BCUT2D eigenvalue weighted by atomic mass is 16.5. The summed E-state index contributed by atoms with van der Waals surface area (Å²) in [6.07, 6.45) is 27.0. The Bertz CT molecular complexity index is 3210. The molecule has 11 N–H and O–H groups in total. The zero-order valence-electron chi connectivity index (χ0n) is 79.3. The fourth-order valence-corrected chi connectivity index (χ4v) is 13.3. The first-order valence-electron chi connectivity index (χ1n) is 47.8. The maximum Gasteiger partial charge on any atom is 0.326 e. The Labute approximate surface area is 775 Å². The molecule has 0 fully saturated rings. The number of aliphatic carboxylic acids is 5. The van der Waals surface area contributed by atoms with Gasteiger partial charge in [0.2, 0.25) is 35.4 Å². The smallest absolute Gasteiger partial charge is 0.326 e. The standard InChI is InChI=1S/C51H87N3O17.C43H75N3O14/c1-4-38(2)45(58)35-40(39(3)55)18-15-16-26-52-46(59)25-22-41(50(64)65)34-43(57)36-70-32-31-69-29-27-53-48(61)37-71-33-30-68-28-17-19-42(56)23-24-44(51(66)67)54-47(60)20-13-11-9-7-5-6-8-10-12-14-21-49(62)63;1-3-4-23-44-40(51)22-20-38(43(55)56)46-41(52)33-60-30-27-57-25-15-18-37(49)32-59-29-28-58-26-24-45-39(50)21-19-35(42(53)54)31-36(48)17-14-12-10-8-6-5-7-9-11-13-16-34(2)47/h38,40-41,44H,4-37H2,1-3H3,(H,52,59)(H,53,61)(H,54,60)(H,62,63)(H,64,65)(H,66,67);35,38H,3-33H2,1-2H3,(H,44,51)(H,45,50)(H,46,52)(H,53,54)(H,55,56)/t38-,40+,41+,44?;35-,38+/m01/s1. The van der Waals surface area contributed by atoms with Gasteiger partial charge in [0.25, 0.3) is 0 Å². The first-order chi connectivity index (χ1) is 62.8. The average Bonchev–Trinajstić information content (AvgIpc) is 0.897. The molecule has 0 aromatic rings. The van der Waals surface area contributed by atoms with Crippen molar-refractivity contribution in [2.24, 2.45) is 23.7 Å². The number of carbonyl (C=O) groups excluding carboxylic acids is 13. The predicted molar refractivity (Wildman–Crippen MR) is 486 cm³/mol. The molecule has 6 amide bonds. The molecule has 37 nitrogen and oxygen atoms in total. The number of ether oxygens (including phenoxy) is 8. The second-order valence-electron chi connectivity index (χ2n) is 33.3. The van der Waals surface area contributed by atoms with Gasteiger partial charge in [0, 0.05) is 135 Å². The monoisotopic (exact) mass is 1870 g/mol. The Hall–Kier alpha value is -8.46. The summed E-state index contributed by atoms with van der Waals surface area (Å²) in [6, 6.07) is -2.34. The van der Waals surface area contributed by atoms with E-state index in [2.05, 4.69) is 31.9 Å². The van der Waals surface area contributed by atoms with Crippen LogP contribution in [0.3, 0.4) is 0 Å². The molecule has 0 aromatic carbocycles. The third-order valence-electron chi connectivity index (χ3n) is 21.4. The minimum Gasteiger partial charge on any atom is -0.481 e. The zero-order chi connectivity index (χ0) is 97.7. The highest BCUT2D eigenvalue weighted by Crippen LogP contribution is 2.21. The van der Waals surface area contributed by atoms with E-state index in [0.717, 1.165) is 128 Å². The number of carbonyl (C=O) groups is 18. The van der Waals surface area contributed by atoms with Crippen LogP contribution in [0, 0.1) is 23.7 Å². The molecule has 754 valence electrons. The molecule has 0 rings (SSSR count). The van der Waals surface area contributed by atoms with Crippen LogP contribution in [0.5, 0.6) is 0 Å². The molecule has 0 saturated heterocycles. The Kier molecular flexibility index (Phi) is 82.7. The van der Waals surface area contributed by atoms with Crippen molar-refractivity contribution in [2.75, 3.05) is 132 Å². The van der Waals surface area contributed by atoms with Gasteiger partial charge in [-0.2, -0.15) is 0 Å². The van der Waals surface area contributed by atoms with Gasteiger partial charge in [-0.15, -0.1) is 0 Å². The van der Waals surface area contributed by atoms with Crippen LogP contribution in [0.4, 0.5) is 0 Å². The minimum atomic E-state index is -1.24. The molecule has 37 heteroatoms. The van der Waals surface area contributed by atoms with Crippen LogP contribution in [0.2, 0.25) is 0 Å². The van der Waals surface area contributed by atoms with Gasteiger partial charge in [-0.25, -0.2) is 9.59 Å². The van der Waals surface area contributed by atoms with E-state index in [4.69, 9.17) is 43.0 Å². The van der Waals surface area contributed by atoms with Crippen molar-refractivity contribution in [3.63, 3.8) is 0 Å². The van der Waals surface area contributed by atoms with Crippen LogP contribution in [0.1, 0.15) is 324 Å². The van der Waals surface area contributed by atoms with Crippen LogP contribution >= 0.6 is 0 Å². The van der Waals surface area contributed by atoms with Gasteiger partial charge in [-0.1, -0.05) is 136 Å². The molecule has 0 aromatic heterocycles. The molecule has 0 aliphatic heterocycles. The number of Topliss-reactive ketones (excluding diaryl/α,β-unsaturated/α-hetero) is 7. The van der Waals surface area contributed by atoms with E-state index in [0.29, 0.717) is 71.1 Å². The van der Waals surface area contributed by atoms with Gasteiger partial charge in [0.05, 0.1) is 77.9 Å². The summed E-state index contributed by atoms with van der Waals surface area (Å²) in [4.78, 5) is 214. The molecule has 0 spiro atoms. The number of hydrogen-bond donors (Lipinski definition) is 11. The number of amides is 6. The molecule has 0 heterocycles. The summed E-state index contributed by atoms with van der Waals surface area (Å²) < 4.78 is 42.8. The molecule has 0 saturated carbocycles. The Morgan fingerprint density at radius 2 is 0.634 bits per heavy atom. The second kappa shape index (κ2) is 86.9. The zero-order valence-corrected chi connectivity index (χ0v) is 79.3.